The highest BCUT2D eigenvalue weighted by molar-refractivity contribution is 14.1. The van der Waals surface area contributed by atoms with Crippen LogP contribution in [0.25, 0.3) is 6.08 Å². The Labute approximate surface area is 267 Å². The Bertz CT molecular complexity index is 1790. The van der Waals surface area contributed by atoms with Gasteiger partial charge in [0, 0.05) is 5.02 Å². The molecule has 0 amide bonds. The highest BCUT2D eigenvalue weighted by Gasteiger charge is 2.34. The molecule has 3 aromatic carbocycles. The van der Waals surface area contributed by atoms with Crippen molar-refractivity contribution >= 4 is 80.2 Å². The topological polar surface area (TPSA) is 69.9 Å². The molecule has 0 saturated heterocycles. The van der Waals surface area contributed by atoms with Crippen LogP contribution in [0.4, 0.5) is 0 Å². The summed E-state index contributed by atoms with van der Waals surface area (Å²) >= 11 is 12.4. The first-order chi connectivity index (χ1) is 19.3. The molecule has 0 aliphatic carbocycles. The van der Waals surface area contributed by atoms with Crippen LogP contribution in [0.1, 0.15) is 36.6 Å². The van der Waals surface area contributed by atoms with Crippen molar-refractivity contribution in [1.29, 1.82) is 0 Å². The van der Waals surface area contributed by atoms with E-state index in [1.807, 2.05) is 66.7 Å². The van der Waals surface area contributed by atoms with E-state index in [0.717, 1.165) is 24.0 Å². The zero-order valence-corrected chi connectivity index (χ0v) is 27.4. The Morgan fingerprint density at radius 3 is 2.45 bits per heavy atom. The highest BCUT2D eigenvalue weighted by atomic mass is 127. The van der Waals surface area contributed by atoms with Crippen LogP contribution in [-0.4, -0.2) is 17.1 Å². The number of aromatic nitrogens is 1. The lowest BCUT2D eigenvalue weighted by molar-refractivity contribution is -0.139. The maximum Gasteiger partial charge on any atom is 0.338 e. The number of fused-ring (bicyclic) bond motifs is 1. The minimum absolute atomic E-state index is 0.206. The highest BCUT2D eigenvalue weighted by Crippen LogP contribution is 2.34. The lowest BCUT2D eigenvalue weighted by Crippen LogP contribution is -2.40. The summed E-state index contributed by atoms with van der Waals surface area (Å²) in [7, 11) is 0. The summed E-state index contributed by atoms with van der Waals surface area (Å²) in [6, 6.07) is 20.4. The van der Waals surface area contributed by atoms with E-state index in [-0.39, 0.29) is 12.2 Å². The largest absolute Gasteiger partial charge is 0.487 e. The van der Waals surface area contributed by atoms with E-state index >= 15 is 0 Å². The molecular formula is C30H23ClI2N2O4S. The molecule has 10 heteroatoms. The predicted molar refractivity (Wildman–Crippen MR) is 175 cm³/mol. The molecule has 1 aliphatic heterocycles. The third kappa shape index (κ3) is 5.93. The van der Waals surface area contributed by atoms with Gasteiger partial charge in [-0.15, -0.1) is 0 Å². The maximum absolute atomic E-state index is 13.9. The molecule has 0 spiro atoms. The molecular weight excluding hydrogens is 774 g/mol. The standard InChI is InChI=1S/C30H23ClI2N2O4S/c1-3-38-29(37)25-17(2)34-30-35(26(25)20-11-7-8-12-21(20)31)28(36)24(40-30)15-19-13-22(32)27(23(33)14-19)39-16-18-9-5-4-6-10-18/h4-15,26H,3,16H2,1-2H3/b24-15-/t26-/m0/s1. The summed E-state index contributed by atoms with van der Waals surface area (Å²) < 4.78 is 15.4. The van der Waals surface area contributed by atoms with Gasteiger partial charge >= 0.3 is 5.97 Å². The van der Waals surface area contributed by atoms with Crippen molar-refractivity contribution in [2.45, 2.75) is 26.5 Å². The van der Waals surface area contributed by atoms with Crippen LogP contribution in [0.2, 0.25) is 5.02 Å². The third-order valence-electron chi connectivity index (χ3n) is 6.26. The molecule has 1 aliphatic rings. The molecule has 0 radical (unpaired) electrons. The molecule has 4 aromatic rings. The Hall–Kier alpha value is -2.48. The Balaban J connectivity index is 1.58. The Kier molecular flexibility index (Phi) is 9.13. The molecule has 0 bridgehead atoms. The Morgan fingerprint density at radius 2 is 1.77 bits per heavy atom. The number of carbonyl (C=O) groups excluding carboxylic acids is 1. The van der Waals surface area contributed by atoms with Gasteiger partial charge in [-0.25, -0.2) is 9.79 Å². The minimum atomic E-state index is -0.750. The number of allylic oxidation sites excluding steroid dienone is 1. The van der Waals surface area contributed by atoms with Gasteiger partial charge in [-0.3, -0.25) is 9.36 Å². The quantitative estimate of drug-likeness (QED) is 0.164. The number of halogens is 3. The lowest BCUT2D eigenvalue weighted by atomic mass is 9.96. The predicted octanol–water partition coefficient (Wildman–Crippen LogP) is 6.24. The van der Waals surface area contributed by atoms with Crippen molar-refractivity contribution in [3.05, 3.63) is 127 Å². The molecule has 0 saturated carbocycles. The summed E-state index contributed by atoms with van der Waals surface area (Å²) in [5.41, 5.74) is 3.14. The average Bonchev–Trinajstić information content (AvgIpc) is 3.22. The van der Waals surface area contributed by atoms with Crippen molar-refractivity contribution in [3.8, 4) is 5.75 Å². The number of carbonyl (C=O) groups is 1. The average molecular weight is 797 g/mol. The van der Waals surface area contributed by atoms with E-state index in [1.165, 1.54) is 11.3 Å². The fourth-order valence-electron chi connectivity index (χ4n) is 4.46. The first-order valence-corrected chi connectivity index (χ1v) is 15.7. The van der Waals surface area contributed by atoms with Gasteiger partial charge in [0.15, 0.2) is 4.80 Å². The number of benzene rings is 3. The van der Waals surface area contributed by atoms with Crippen molar-refractivity contribution in [2.24, 2.45) is 4.99 Å². The van der Waals surface area contributed by atoms with E-state index in [4.69, 9.17) is 21.1 Å². The number of hydrogen-bond acceptors (Lipinski definition) is 6. The van der Waals surface area contributed by atoms with E-state index in [9.17, 15) is 9.59 Å². The van der Waals surface area contributed by atoms with Crippen LogP contribution in [0, 0.1) is 7.14 Å². The molecule has 5 rings (SSSR count). The molecule has 0 fully saturated rings. The SMILES string of the molecule is CCOC(=O)C1=C(C)N=c2s/c(=C\c3cc(I)c(OCc4ccccc4)c(I)c3)c(=O)n2[C@H]1c1ccccc1Cl. The van der Waals surface area contributed by atoms with Crippen molar-refractivity contribution in [3.63, 3.8) is 0 Å². The van der Waals surface area contributed by atoms with Crippen LogP contribution >= 0.6 is 68.1 Å². The summed E-state index contributed by atoms with van der Waals surface area (Å²) in [5, 5.41) is 0.453. The van der Waals surface area contributed by atoms with Crippen LogP contribution in [0.3, 0.4) is 0 Å². The maximum atomic E-state index is 13.9. The number of ether oxygens (including phenoxy) is 2. The molecule has 2 heterocycles. The second-order valence-electron chi connectivity index (χ2n) is 8.91. The fraction of sp³-hybridized carbons (Fsp3) is 0.167. The fourth-order valence-corrected chi connectivity index (χ4v) is 7.88. The van der Waals surface area contributed by atoms with Crippen LogP contribution in [0.15, 0.2) is 87.8 Å². The smallest absolute Gasteiger partial charge is 0.338 e. The molecule has 1 atom stereocenters. The number of hydrogen-bond donors (Lipinski definition) is 0. The third-order valence-corrected chi connectivity index (χ3v) is 9.19. The number of rotatable bonds is 7. The number of thiazole rings is 1. The van der Waals surface area contributed by atoms with E-state index < -0.39 is 12.0 Å². The van der Waals surface area contributed by atoms with Crippen molar-refractivity contribution in [1.82, 2.24) is 4.57 Å². The second kappa shape index (κ2) is 12.6. The molecule has 204 valence electrons. The van der Waals surface area contributed by atoms with E-state index in [2.05, 4.69) is 50.2 Å². The molecule has 0 unspecified atom stereocenters. The van der Waals surface area contributed by atoms with E-state index in [1.54, 1.807) is 24.5 Å². The Morgan fingerprint density at radius 1 is 1.10 bits per heavy atom. The summed E-state index contributed by atoms with van der Waals surface area (Å²) in [5.74, 6) is 0.287. The van der Waals surface area contributed by atoms with Gasteiger partial charge in [-0.1, -0.05) is 71.5 Å². The first-order valence-electron chi connectivity index (χ1n) is 12.4. The zero-order chi connectivity index (χ0) is 28.4. The van der Waals surface area contributed by atoms with Gasteiger partial charge in [0.2, 0.25) is 0 Å². The number of esters is 1. The number of nitrogens with zero attached hydrogens (tertiary/aromatic N) is 2. The zero-order valence-electron chi connectivity index (χ0n) is 21.5. The van der Waals surface area contributed by atoms with Gasteiger partial charge in [0.1, 0.15) is 18.4 Å². The monoisotopic (exact) mass is 796 g/mol. The van der Waals surface area contributed by atoms with Gasteiger partial charge in [0.05, 0.1) is 29.5 Å². The van der Waals surface area contributed by atoms with Gasteiger partial charge in [0.25, 0.3) is 5.56 Å². The molecule has 40 heavy (non-hydrogen) atoms. The van der Waals surface area contributed by atoms with Crippen LogP contribution in [-0.2, 0) is 16.1 Å². The summed E-state index contributed by atoms with van der Waals surface area (Å²) in [6.07, 6.45) is 1.85. The molecule has 1 aromatic heterocycles. The summed E-state index contributed by atoms with van der Waals surface area (Å²) in [4.78, 5) is 32.1. The van der Waals surface area contributed by atoms with Gasteiger partial charge < -0.3 is 9.47 Å². The first kappa shape index (κ1) is 29.0. The minimum Gasteiger partial charge on any atom is -0.487 e. The normalized spacial score (nSPS) is 15.0. The summed E-state index contributed by atoms with van der Waals surface area (Å²) in [6.45, 7) is 4.17. The van der Waals surface area contributed by atoms with Gasteiger partial charge in [-0.05, 0) is 100.0 Å². The van der Waals surface area contributed by atoms with E-state index in [0.29, 0.717) is 37.8 Å². The van der Waals surface area contributed by atoms with Crippen LogP contribution < -0.4 is 19.6 Å². The van der Waals surface area contributed by atoms with Crippen molar-refractivity contribution < 1.29 is 14.3 Å². The molecule has 6 nitrogen and oxygen atoms in total. The lowest BCUT2D eigenvalue weighted by Gasteiger charge is -2.25. The molecule has 0 N–H and O–H groups in total. The van der Waals surface area contributed by atoms with Gasteiger partial charge in [-0.2, -0.15) is 0 Å². The van der Waals surface area contributed by atoms with Crippen molar-refractivity contribution in [2.75, 3.05) is 6.61 Å². The second-order valence-corrected chi connectivity index (χ2v) is 12.7. The van der Waals surface area contributed by atoms with Crippen LogP contribution in [0.5, 0.6) is 5.75 Å².